The molecule has 7 N–H and O–H groups in total. The number of carbonyl (C=O) groups is 3. The predicted molar refractivity (Wildman–Crippen MR) is 154 cm³/mol. The van der Waals surface area contributed by atoms with E-state index in [-0.39, 0.29) is 48.3 Å². The number of aliphatic imine (C=N–C) groups is 1. The Morgan fingerprint density at radius 1 is 1.00 bits per heavy atom. The van der Waals surface area contributed by atoms with E-state index in [0.717, 1.165) is 11.5 Å². The van der Waals surface area contributed by atoms with Gasteiger partial charge in [-0.1, -0.05) is 58.0 Å². The van der Waals surface area contributed by atoms with Crippen molar-refractivity contribution < 1.29 is 22.8 Å². The molecule has 0 aliphatic carbocycles. The molecule has 0 fully saturated rings. The summed E-state index contributed by atoms with van der Waals surface area (Å²) in [7, 11) is -3.62. The molecule has 1 aromatic carbocycles. The van der Waals surface area contributed by atoms with Gasteiger partial charge in [-0.15, -0.1) is 0 Å². The second-order valence-corrected chi connectivity index (χ2v) is 12.1. The van der Waals surface area contributed by atoms with E-state index in [2.05, 4.69) is 20.9 Å². The van der Waals surface area contributed by atoms with Crippen LogP contribution in [0.5, 0.6) is 0 Å². The largest absolute Gasteiger partial charge is 0.370 e. The maximum absolute atomic E-state index is 13.1. The van der Waals surface area contributed by atoms with Crippen molar-refractivity contribution in [1.82, 2.24) is 16.0 Å². The summed E-state index contributed by atoms with van der Waals surface area (Å²) in [5.74, 6) is -1.24. The number of benzene rings is 1. The quantitative estimate of drug-likeness (QED) is 0.0817. The number of amides is 3. The molecule has 11 nitrogen and oxygen atoms in total. The fourth-order valence-corrected chi connectivity index (χ4v) is 4.69. The highest BCUT2D eigenvalue weighted by Gasteiger charge is 2.25. The van der Waals surface area contributed by atoms with E-state index in [1.54, 1.807) is 30.3 Å². The van der Waals surface area contributed by atoms with Gasteiger partial charge in [0.25, 0.3) is 0 Å². The molecule has 0 aliphatic heterocycles. The number of unbranched alkanes of at least 4 members (excludes halogenated alkanes) is 1. The minimum atomic E-state index is -3.62. The summed E-state index contributed by atoms with van der Waals surface area (Å²) in [6, 6.07) is 7.53. The van der Waals surface area contributed by atoms with Gasteiger partial charge >= 0.3 is 0 Å². The fourth-order valence-electron chi connectivity index (χ4n) is 3.60. The lowest BCUT2D eigenvalue weighted by Gasteiger charge is -2.27. The second-order valence-electron chi connectivity index (χ2n) is 10.2. The normalized spacial score (nSPS) is 13.2. The van der Waals surface area contributed by atoms with Gasteiger partial charge in [-0.05, 0) is 36.7 Å². The smallest absolute Gasteiger partial charge is 0.244 e. The first-order chi connectivity index (χ1) is 18.3. The van der Waals surface area contributed by atoms with Crippen LogP contribution in [-0.2, 0) is 30.0 Å². The minimum Gasteiger partial charge on any atom is -0.370 e. The Morgan fingerprint density at radius 3 is 2.26 bits per heavy atom. The molecule has 0 saturated heterocycles. The first kappa shape index (κ1) is 33.6. The third kappa shape index (κ3) is 15.6. The van der Waals surface area contributed by atoms with Gasteiger partial charge in [0.15, 0.2) is 15.8 Å². The molecule has 0 aliphatic rings. The van der Waals surface area contributed by atoms with Gasteiger partial charge < -0.3 is 27.4 Å². The summed E-state index contributed by atoms with van der Waals surface area (Å²) >= 11 is 0. The first-order valence-electron chi connectivity index (χ1n) is 13.2. The van der Waals surface area contributed by atoms with Crippen molar-refractivity contribution in [2.45, 2.75) is 71.2 Å². The van der Waals surface area contributed by atoms with Crippen LogP contribution >= 0.6 is 0 Å². The summed E-state index contributed by atoms with van der Waals surface area (Å²) in [6.07, 6.45) is 2.89. The molecular weight excluding hydrogens is 520 g/mol. The number of guanidine groups is 1. The molecule has 2 atom stereocenters. The van der Waals surface area contributed by atoms with E-state index in [1.165, 1.54) is 0 Å². The average molecular weight is 565 g/mol. The van der Waals surface area contributed by atoms with E-state index in [0.29, 0.717) is 31.4 Å². The van der Waals surface area contributed by atoms with Crippen LogP contribution in [0.25, 0.3) is 0 Å². The lowest BCUT2D eigenvalue weighted by Crippen LogP contribution is -2.54. The topological polar surface area (TPSA) is 186 Å². The lowest BCUT2D eigenvalue weighted by atomic mass is 10.00. The molecule has 0 radical (unpaired) electrons. The van der Waals surface area contributed by atoms with Crippen LogP contribution in [0.3, 0.4) is 0 Å². The van der Waals surface area contributed by atoms with Gasteiger partial charge in [-0.2, -0.15) is 0 Å². The molecule has 0 saturated carbocycles. The molecule has 218 valence electrons. The van der Waals surface area contributed by atoms with Crippen LogP contribution < -0.4 is 27.4 Å². The van der Waals surface area contributed by atoms with Gasteiger partial charge in [0.05, 0.1) is 5.75 Å². The Kier molecular flexibility index (Phi) is 14.9. The number of carbonyl (C=O) groups excluding carboxylic acids is 3. The van der Waals surface area contributed by atoms with Crippen LogP contribution in [-0.4, -0.2) is 57.3 Å². The maximum Gasteiger partial charge on any atom is 0.244 e. The molecule has 1 aromatic rings. The van der Waals surface area contributed by atoms with Gasteiger partial charge in [-0.25, -0.2) is 8.42 Å². The molecule has 0 aromatic heterocycles. The van der Waals surface area contributed by atoms with Crippen LogP contribution in [0.2, 0.25) is 0 Å². The van der Waals surface area contributed by atoms with Crippen LogP contribution in [0.1, 0.15) is 58.9 Å². The summed E-state index contributed by atoms with van der Waals surface area (Å²) in [5.41, 5.74) is 11.2. The van der Waals surface area contributed by atoms with Crippen LogP contribution in [0.4, 0.5) is 0 Å². The first-order valence-corrected chi connectivity index (χ1v) is 14.9. The van der Waals surface area contributed by atoms with Crippen molar-refractivity contribution in [3.8, 4) is 0 Å². The third-order valence-electron chi connectivity index (χ3n) is 5.73. The SMILES string of the molecule is CC(C)CC(NC(=O)CCCCN=C(N)N)C(=O)NC(CNC(=O)/C=C/S(=O)(=O)Cc1ccccc1)C(C)C. The highest BCUT2D eigenvalue weighted by molar-refractivity contribution is 7.93. The van der Waals surface area contributed by atoms with E-state index in [4.69, 9.17) is 11.5 Å². The number of hydrogen-bond acceptors (Lipinski definition) is 6. The molecule has 39 heavy (non-hydrogen) atoms. The highest BCUT2D eigenvalue weighted by Crippen LogP contribution is 2.09. The second kappa shape index (κ2) is 17.2. The van der Waals surface area contributed by atoms with Crippen LogP contribution in [0, 0.1) is 11.8 Å². The number of rotatable bonds is 17. The molecule has 1 rings (SSSR count). The Morgan fingerprint density at radius 2 is 1.67 bits per heavy atom. The van der Waals surface area contributed by atoms with Gasteiger partial charge in [-0.3, -0.25) is 19.4 Å². The molecule has 0 spiro atoms. The van der Waals surface area contributed by atoms with Crippen molar-refractivity contribution in [3.63, 3.8) is 0 Å². The Balaban J connectivity index is 2.67. The Labute approximate surface area is 232 Å². The van der Waals surface area contributed by atoms with Crippen molar-refractivity contribution in [3.05, 3.63) is 47.4 Å². The molecule has 2 unspecified atom stereocenters. The monoisotopic (exact) mass is 564 g/mol. The number of nitrogens with zero attached hydrogens (tertiary/aromatic N) is 1. The van der Waals surface area contributed by atoms with E-state index in [1.807, 2.05) is 27.7 Å². The van der Waals surface area contributed by atoms with Crippen molar-refractivity contribution in [2.24, 2.45) is 28.3 Å². The standard InChI is InChI=1S/C27H44N6O5S/c1-19(2)16-22(32-25(35)12-8-9-14-30-27(28)29)26(36)33-23(20(3)4)17-31-24(34)13-15-39(37,38)18-21-10-6-5-7-11-21/h5-7,10-11,13,15,19-20,22-23H,8-9,12,14,16-18H2,1-4H3,(H,31,34)(H,32,35)(H,33,36)(H4,28,29,30)/b15-13+. The fraction of sp³-hybridized carbons (Fsp3) is 0.556. The van der Waals surface area contributed by atoms with Gasteiger partial charge in [0.1, 0.15) is 6.04 Å². The summed E-state index contributed by atoms with van der Waals surface area (Å²) in [5, 5.41) is 9.28. The van der Waals surface area contributed by atoms with Gasteiger partial charge in [0.2, 0.25) is 17.7 Å². The number of nitrogens with one attached hydrogen (secondary N) is 3. The van der Waals surface area contributed by atoms with Crippen LogP contribution in [0.15, 0.2) is 46.8 Å². The summed E-state index contributed by atoms with van der Waals surface area (Å²) in [4.78, 5) is 41.7. The molecule has 0 bridgehead atoms. The van der Waals surface area contributed by atoms with E-state index < -0.39 is 27.8 Å². The summed E-state index contributed by atoms with van der Waals surface area (Å²) in [6.45, 7) is 8.23. The zero-order valence-corrected chi connectivity index (χ0v) is 24.2. The molecule has 0 heterocycles. The molecule has 12 heteroatoms. The minimum absolute atomic E-state index is 0.00753. The summed E-state index contributed by atoms with van der Waals surface area (Å²) < 4.78 is 24.6. The number of nitrogens with two attached hydrogens (primary N) is 2. The zero-order chi connectivity index (χ0) is 29.4. The van der Waals surface area contributed by atoms with Gasteiger partial charge in [0, 0.05) is 37.0 Å². The Hall–Kier alpha value is -3.41. The Bertz CT molecular complexity index is 1080. The number of sulfone groups is 1. The third-order valence-corrected chi connectivity index (χ3v) is 7.02. The predicted octanol–water partition coefficient (Wildman–Crippen LogP) is 1.35. The highest BCUT2D eigenvalue weighted by atomic mass is 32.2. The van der Waals surface area contributed by atoms with Crippen molar-refractivity contribution >= 4 is 33.5 Å². The van der Waals surface area contributed by atoms with Crippen molar-refractivity contribution in [1.29, 1.82) is 0 Å². The lowest BCUT2D eigenvalue weighted by molar-refractivity contribution is -0.130. The molecule has 3 amide bonds. The average Bonchev–Trinajstić information content (AvgIpc) is 2.84. The maximum atomic E-state index is 13.1. The van der Waals surface area contributed by atoms with Crippen molar-refractivity contribution in [2.75, 3.05) is 13.1 Å². The molecular formula is C27H44N6O5S. The van der Waals surface area contributed by atoms with E-state index >= 15 is 0 Å². The van der Waals surface area contributed by atoms with E-state index in [9.17, 15) is 22.8 Å². The zero-order valence-electron chi connectivity index (χ0n) is 23.4. The number of hydrogen-bond donors (Lipinski definition) is 5.